The van der Waals surface area contributed by atoms with Crippen LogP contribution in [0.1, 0.15) is 131 Å². The predicted octanol–water partition coefficient (Wildman–Crippen LogP) is 5.79. The summed E-state index contributed by atoms with van der Waals surface area (Å²) in [6.07, 6.45) is 7.85. The van der Waals surface area contributed by atoms with Gasteiger partial charge in [-0.3, -0.25) is 42.7 Å². The second-order valence-electron chi connectivity index (χ2n) is 24.2. The number of fused-ring (bicyclic) bond motifs is 3. The Hall–Kier alpha value is -8.01. The molecule has 3 fully saturated rings. The van der Waals surface area contributed by atoms with E-state index in [1.54, 1.807) is 62.4 Å². The number of benzene rings is 5. The lowest BCUT2D eigenvalue weighted by Gasteiger charge is -2.32. The molecule has 0 unspecified atom stereocenters. The minimum atomic E-state index is -4.02. The van der Waals surface area contributed by atoms with Crippen LogP contribution in [0.25, 0.3) is 10.8 Å². The Balaban J connectivity index is 0.000000521. The summed E-state index contributed by atoms with van der Waals surface area (Å²) in [6.45, 7) is 10.6. The fourth-order valence-electron chi connectivity index (χ4n) is 11.1. The summed E-state index contributed by atoms with van der Waals surface area (Å²) in [6, 6.07) is 22.4. The third-order valence-corrected chi connectivity index (χ3v) is 18.1. The van der Waals surface area contributed by atoms with Crippen molar-refractivity contribution in [1.29, 1.82) is 0 Å². The van der Waals surface area contributed by atoms with Crippen molar-refractivity contribution in [2.45, 2.75) is 177 Å². The second kappa shape index (κ2) is 35.3. The van der Waals surface area contributed by atoms with Crippen LogP contribution in [-0.4, -0.2) is 157 Å². The summed E-state index contributed by atoms with van der Waals surface area (Å²) in [4.78, 5) is 103. The van der Waals surface area contributed by atoms with Crippen molar-refractivity contribution in [3.05, 3.63) is 131 Å². The van der Waals surface area contributed by atoms with E-state index in [1.807, 2.05) is 38.1 Å². The standard InChI is InChI=1S/C53H75N9O9.2C7H8O3S/c1-4-5-6-7-8-28-71-40-23-20-35-29-37(19-18-36(35)30-40)47(64)57-41-13-10-26-56-50(67)45-31-38(55)32-62(45)52(69)43(12-9-25-54)59-48(65)42(24-17-34-15-21-39(63)22-16-34)58-51(68)44-14-11-27-61(44)53(70)46(33(2)3)60-49(41)66;2*1-6-2-4-7(5-3-6)11(8,9)10/h15-16,18-23,29-30,33,38,41-46,63H,4-14,17,24-28,31-32,54-55H2,1-3H3,(H,56,67)(H,57,64)(H,58,68)(H,59,65)(H,60,66);2*2-5H,1H3,(H,8,9,10)/t38-,41-,42-,43-,44-,45-,46-;;/m0../s1. The van der Waals surface area contributed by atoms with E-state index >= 15 is 0 Å². The van der Waals surface area contributed by atoms with Crippen LogP contribution >= 0.6 is 0 Å². The lowest BCUT2D eigenvalue weighted by Crippen LogP contribution is -2.60. The number of nitrogens with two attached hydrogens (primary N) is 2. The van der Waals surface area contributed by atoms with Gasteiger partial charge in [0.1, 0.15) is 47.8 Å². The Kier molecular flexibility index (Phi) is 28.1. The molecule has 8 rings (SSSR count). The summed E-state index contributed by atoms with van der Waals surface area (Å²) >= 11 is 0. The average Bonchev–Trinajstić information content (AvgIpc) is 1.84. The maximum absolute atomic E-state index is 14.5. The maximum atomic E-state index is 14.5. The molecule has 93 heavy (non-hydrogen) atoms. The van der Waals surface area contributed by atoms with Crippen molar-refractivity contribution < 1.29 is 69.3 Å². The number of aryl methyl sites for hydroxylation is 3. The summed E-state index contributed by atoms with van der Waals surface area (Å²) in [7, 11) is -8.04. The van der Waals surface area contributed by atoms with Crippen LogP contribution in [0.3, 0.4) is 0 Å². The lowest BCUT2D eigenvalue weighted by molar-refractivity contribution is -0.143. The average molecular weight is 1330 g/mol. The third kappa shape index (κ3) is 22.6. The molecule has 3 aliphatic rings. The number of phenolic OH excluding ortho intramolecular Hbond substituents is 1. The van der Waals surface area contributed by atoms with Gasteiger partial charge in [0.15, 0.2) is 0 Å². The van der Waals surface area contributed by atoms with Gasteiger partial charge in [-0.25, -0.2) is 0 Å². The van der Waals surface area contributed by atoms with E-state index in [1.165, 1.54) is 65.5 Å². The van der Waals surface area contributed by atoms with Gasteiger partial charge in [0.2, 0.25) is 35.4 Å². The SMILES string of the molecule is CCCCCCCOc1ccc2cc(C(=O)N[C@H]3CCCNC(=O)[C@@H]4C[C@H](N)CN4C(=O)[C@H](CCCN)NC(=O)[C@H](CCc4ccc(O)cc4)NC(=O)[C@@H]4CCCN4C(=O)[C@H](C(C)C)NC3=O)ccc2c1.Cc1ccc(S(=O)(=O)O)cc1.Cc1ccc(S(=O)(=O)O)cc1. The number of hydrogen-bond acceptors (Lipinski definition) is 15. The quantitative estimate of drug-likeness (QED) is 0.0367. The molecule has 3 saturated heterocycles. The molecule has 26 heteroatoms. The number of unbranched alkanes of at least 4 members (excludes halogenated alkanes) is 4. The van der Waals surface area contributed by atoms with E-state index in [9.17, 15) is 55.5 Å². The summed E-state index contributed by atoms with van der Waals surface area (Å²) < 4.78 is 65.1. The molecule has 0 spiro atoms. The highest BCUT2D eigenvalue weighted by Crippen LogP contribution is 2.26. The normalized spacial score (nSPS) is 21.1. The molecule has 24 nitrogen and oxygen atoms in total. The maximum Gasteiger partial charge on any atom is 0.294 e. The van der Waals surface area contributed by atoms with Gasteiger partial charge < -0.3 is 57.7 Å². The van der Waals surface area contributed by atoms with Crippen LogP contribution in [0.15, 0.2) is 119 Å². The fraction of sp³-hybridized carbons (Fsp3) is 0.478. The van der Waals surface area contributed by atoms with Crippen LogP contribution in [0.4, 0.5) is 0 Å². The van der Waals surface area contributed by atoms with Crippen LogP contribution in [0, 0.1) is 19.8 Å². The van der Waals surface area contributed by atoms with Crippen molar-refractivity contribution in [3.8, 4) is 11.5 Å². The topological polar surface area (TPSA) is 376 Å². The molecule has 3 aliphatic heterocycles. The summed E-state index contributed by atoms with van der Waals surface area (Å²) in [5.41, 5.74) is 15.3. The molecular formula is C67H91N9O15S2. The Bertz CT molecular complexity index is 3500. The predicted molar refractivity (Wildman–Crippen MR) is 352 cm³/mol. The van der Waals surface area contributed by atoms with Gasteiger partial charge in [0, 0.05) is 31.2 Å². The van der Waals surface area contributed by atoms with Crippen LogP contribution < -0.4 is 42.8 Å². The lowest BCUT2D eigenvalue weighted by atomic mass is 10.00. The van der Waals surface area contributed by atoms with E-state index in [-0.39, 0.29) is 73.8 Å². The monoisotopic (exact) mass is 1330 g/mol. The summed E-state index contributed by atoms with van der Waals surface area (Å²) in [5.74, 6) is -3.43. The fourth-order valence-corrected chi connectivity index (χ4v) is 12.0. The molecule has 12 N–H and O–H groups in total. The number of nitrogens with zero attached hydrogens (tertiary/aromatic N) is 2. The molecule has 0 aliphatic carbocycles. The van der Waals surface area contributed by atoms with Crippen molar-refractivity contribution in [2.75, 3.05) is 32.8 Å². The Labute approximate surface area is 545 Å². The van der Waals surface area contributed by atoms with Gasteiger partial charge in [-0.15, -0.1) is 0 Å². The number of hydrogen-bond donors (Lipinski definition) is 10. The molecule has 0 radical (unpaired) electrons. The van der Waals surface area contributed by atoms with E-state index in [4.69, 9.17) is 25.3 Å². The molecule has 0 bridgehead atoms. The molecule has 5 aromatic carbocycles. The van der Waals surface area contributed by atoms with Gasteiger partial charge in [-0.2, -0.15) is 16.8 Å². The zero-order valence-corrected chi connectivity index (χ0v) is 55.2. The number of ether oxygens (including phenoxy) is 1. The van der Waals surface area contributed by atoms with Gasteiger partial charge >= 0.3 is 0 Å². The van der Waals surface area contributed by atoms with Crippen molar-refractivity contribution in [1.82, 2.24) is 36.4 Å². The number of nitrogens with one attached hydrogen (secondary N) is 5. The largest absolute Gasteiger partial charge is 0.508 e. The van der Waals surface area contributed by atoms with Crippen LogP contribution in [-0.2, 0) is 55.4 Å². The Morgan fingerprint density at radius 3 is 1.89 bits per heavy atom. The van der Waals surface area contributed by atoms with Gasteiger partial charge in [0.05, 0.1) is 16.4 Å². The molecule has 5 aromatic rings. The Morgan fingerprint density at radius 1 is 0.667 bits per heavy atom. The highest BCUT2D eigenvalue weighted by molar-refractivity contribution is 7.86. The zero-order valence-electron chi connectivity index (χ0n) is 53.6. The smallest absolute Gasteiger partial charge is 0.294 e. The molecule has 0 saturated carbocycles. The number of aromatic hydroxyl groups is 1. The third-order valence-electron chi connectivity index (χ3n) is 16.4. The zero-order chi connectivity index (χ0) is 68.0. The molecule has 7 amide bonds. The molecule has 7 atom stereocenters. The molecule has 3 heterocycles. The molecular weight excluding hydrogens is 1230 g/mol. The van der Waals surface area contributed by atoms with E-state index < -0.39 is 110 Å². The van der Waals surface area contributed by atoms with E-state index in [0.29, 0.717) is 37.9 Å². The van der Waals surface area contributed by atoms with Crippen LogP contribution in [0.2, 0.25) is 0 Å². The Morgan fingerprint density at radius 2 is 1.28 bits per heavy atom. The first-order chi connectivity index (χ1) is 44.2. The number of phenols is 1. The minimum absolute atomic E-state index is 0.0622. The molecule has 0 aromatic heterocycles. The van der Waals surface area contributed by atoms with Crippen LogP contribution in [0.5, 0.6) is 11.5 Å². The first kappa shape index (κ1) is 74.0. The van der Waals surface area contributed by atoms with Crippen molar-refractivity contribution in [3.63, 3.8) is 0 Å². The number of amides is 7. The first-order valence-corrected chi connectivity index (χ1v) is 34.6. The highest BCUT2D eigenvalue weighted by atomic mass is 32.2. The van der Waals surface area contributed by atoms with Gasteiger partial charge in [-0.1, -0.05) is 106 Å². The first-order valence-electron chi connectivity index (χ1n) is 31.8. The van der Waals surface area contributed by atoms with Crippen molar-refractivity contribution in [2.24, 2.45) is 17.4 Å². The van der Waals surface area contributed by atoms with Gasteiger partial charge in [-0.05, 0) is 168 Å². The second-order valence-corrected chi connectivity index (χ2v) is 27.0. The number of carbonyl (C=O) groups is 7. The number of rotatable bonds is 18. The van der Waals surface area contributed by atoms with Gasteiger partial charge in [0.25, 0.3) is 26.1 Å². The number of carbonyl (C=O) groups excluding carboxylic acids is 7. The van der Waals surface area contributed by atoms with Crippen molar-refractivity contribution >= 4 is 72.4 Å². The summed E-state index contributed by atoms with van der Waals surface area (Å²) in [5, 5.41) is 26.0. The highest BCUT2D eigenvalue weighted by Gasteiger charge is 2.43. The minimum Gasteiger partial charge on any atom is -0.508 e. The van der Waals surface area contributed by atoms with E-state index in [0.717, 1.165) is 46.1 Å². The van der Waals surface area contributed by atoms with E-state index in [2.05, 4.69) is 33.5 Å². The molecule has 506 valence electrons.